The lowest BCUT2D eigenvalue weighted by molar-refractivity contribution is -0.116. The average Bonchev–Trinajstić information content (AvgIpc) is 3.51. The molecule has 0 spiro atoms. The fourth-order valence-electron chi connectivity index (χ4n) is 3.18. The van der Waals surface area contributed by atoms with Crippen molar-refractivity contribution in [2.75, 3.05) is 10.6 Å². The second-order valence-corrected chi connectivity index (χ2v) is 10.9. The molecule has 9 heteroatoms. The first-order valence-electron chi connectivity index (χ1n) is 10.6. The van der Waals surface area contributed by atoms with Crippen LogP contribution in [0.4, 0.5) is 10.8 Å². The molecule has 4 rings (SSSR count). The van der Waals surface area contributed by atoms with E-state index in [1.54, 1.807) is 23.5 Å². The smallest absolute Gasteiger partial charge is 0.239 e. The number of amides is 2. The van der Waals surface area contributed by atoms with Crippen molar-refractivity contribution in [3.05, 3.63) is 82.0 Å². The van der Waals surface area contributed by atoms with Crippen LogP contribution in [0.1, 0.15) is 18.9 Å². The molecule has 1 atom stereocenters. The lowest BCUT2D eigenvalue weighted by Crippen LogP contribution is -2.24. The highest BCUT2D eigenvalue weighted by atomic mass is 35.5. The molecule has 4 aromatic rings. The molecular weight excluding hydrogens is 506 g/mol. The highest BCUT2D eigenvalue weighted by Gasteiger charge is 2.20. The van der Waals surface area contributed by atoms with Crippen LogP contribution in [0.15, 0.2) is 76.3 Å². The van der Waals surface area contributed by atoms with Crippen molar-refractivity contribution in [1.29, 1.82) is 0 Å². The summed E-state index contributed by atoms with van der Waals surface area (Å²) in [6.07, 6.45) is 0.919. The number of halogens is 1. The topological polar surface area (TPSA) is 71.1 Å². The van der Waals surface area contributed by atoms with Gasteiger partial charge in [-0.2, -0.15) is 0 Å². The van der Waals surface area contributed by atoms with Crippen LogP contribution in [-0.2, 0) is 16.0 Å². The van der Waals surface area contributed by atoms with Gasteiger partial charge in [0, 0.05) is 21.0 Å². The van der Waals surface area contributed by atoms with Crippen LogP contribution in [0, 0.1) is 0 Å². The van der Waals surface area contributed by atoms with Crippen LogP contribution in [0.2, 0.25) is 5.02 Å². The number of thioether (sulfide) groups is 1. The zero-order valence-electron chi connectivity index (χ0n) is 18.3. The molecule has 2 N–H and O–H groups in total. The van der Waals surface area contributed by atoms with E-state index in [2.05, 4.69) is 15.6 Å². The molecule has 2 aromatic heterocycles. The zero-order chi connectivity index (χ0) is 23.9. The summed E-state index contributed by atoms with van der Waals surface area (Å²) in [6.45, 7) is 1.98. The molecule has 0 aliphatic carbocycles. The van der Waals surface area contributed by atoms with E-state index in [4.69, 9.17) is 11.6 Å². The van der Waals surface area contributed by atoms with Gasteiger partial charge in [-0.05, 0) is 53.8 Å². The third-order valence-electron chi connectivity index (χ3n) is 4.85. The first-order chi connectivity index (χ1) is 16.5. The van der Waals surface area contributed by atoms with Crippen molar-refractivity contribution in [1.82, 2.24) is 4.98 Å². The van der Waals surface area contributed by atoms with Crippen molar-refractivity contribution in [2.24, 2.45) is 0 Å². The normalized spacial score (nSPS) is 11.7. The fraction of sp³-hybridized carbons (Fsp3) is 0.160. The minimum atomic E-state index is -0.283. The van der Waals surface area contributed by atoms with Crippen molar-refractivity contribution in [2.45, 2.75) is 29.9 Å². The molecule has 0 fully saturated rings. The first kappa shape index (κ1) is 24.5. The third-order valence-corrected chi connectivity index (χ3v) is 8.11. The lowest BCUT2D eigenvalue weighted by Gasteiger charge is -2.14. The molecule has 0 saturated heterocycles. The molecule has 174 valence electrons. The Morgan fingerprint density at radius 1 is 1.06 bits per heavy atom. The Labute approximate surface area is 215 Å². The molecule has 0 aliphatic rings. The summed E-state index contributed by atoms with van der Waals surface area (Å²) in [5, 5.41) is 10.8. The van der Waals surface area contributed by atoms with E-state index in [-0.39, 0.29) is 23.5 Å². The quantitative estimate of drug-likeness (QED) is 0.225. The highest BCUT2D eigenvalue weighted by Crippen LogP contribution is 2.31. The van der Waals surface area contributed by atoms with Gasteiger partial charge in [0.25, 0.3) is 0 Å². The fourth-order valence-corrected chi connectivity index (χ4v) is 5.79. The summed E-state index contributed by atoms with van der Waals surface area (Å²) in [5.74, 6) is -0.198. The van der Waals surface area contributed by atoms with E-state index < -0.39 is 0 Å². The first-order valence-corrected chi connectivity index (χ1v) is 13.6. The van der Waals surface area contributed by atoms with Gasteiger partial charge < -0.3 is 10.6 Å². The van der Waals surface area contributed by atoms with E-state index in [0.29, 0.717) is 22.3 Å². The Bertz CT molecular complexity index is 1260. The van der Waals surface area contributed by atoms with Gasteiger partial charge in [-0.25, -0.2) is 4.98 Å². The molecular formula is C25H22ClN3O2S3. The second-order valence-electron chi connectivity index (χ2n) is 7.40. The second kappa shape index (κ2) is 11.7. The van der Waals surface area contributed by atoms with Gasteiger partial charge in [0.1, 0.15) is 0 Å². The van der Waals surface area contributed by atoms with Gasteiger partial charge in [-0.1, -0.05) is 42.8 Å². The van der Waals surface area contributed by atoms with Gasteiger partial charge in [0.2, 0.25) is 11.8 Å². The molecule has 0 radical (unpaired) electrons. The molecule has 0 saturated carbocycles. The summed E-state index contributed by atoms with van der Waals surface area (Å²) in [7, 11) is 0. The predicted molar refractivity (Wildman–Crippen MR) is 144 cm³/mol. The summed E-state index contributed by atoms with van der Waals surface area (Å²) in [5.41, 5.74) is 2.46. The summed E-state index contributed by atoms with van der Waals surface area (Å²) >= 11 is 10.4. The number of carbonyl (C=O) groups is 2. The van der Waals surface area contributed by atoms with Gasteiger partial charge in [0.15, 0.2) is 5.13 Å². The number of nitrogens with zero attached hydrogens (tertiary/aromatic N) is 1. The molecule has 2 heterocycles. The minimum absolute atomic E-state index is 0.0863. The van der Waals surface area contributed by atoms with Crippen molar-refractivity contribution >= 4 is 68.7 Å². The van der Waals surface area contributed by atoms with Gasteiger partial charge in [0.05, 0.1) is 22.2 Å². The Kier molecular flexibility index (Phi) is 8.39. The number of benzene rings is 2. The van der Waals surface area contributed by atoms with E-state index >= 15 is 0 Å². The van der Waals surface area contributed by atoms with Gasteiger partial charge in [-0.3, -0.25) is 9.59 Å². The van der Waals surface area contributed by atoms with Crippen LogP contribution >= 0.6 is 46.0 Å². The lowest BCUT2D eigenvalue weighted by atomic mass is 10.1. The maximum Gasteiger partial charge on any atom is 0.239 e. The third kappa shape index (κ3) is 6.70. The molecule has 2 aromatic carbocycles. The number of thiazole rings is 1. The van der Waals surface area contributed by atoms with Crippen LogP contribution in [0.3, 0.4) is 0 Å². The highest BCUT2D eigenvalue weighted by molar-refractivity contribution is 8.00. The number of aromatic nitrogens is 1. The number of nitrogens with one attached hydrogen (secondary N) is 2. The molecule has 5 nitrogen and oxygen atoms in total. The number of anilines is 2. The van der Waals surface area contributed by atoms with Gasteiger partial charge >= 0.3 is 0 Å². The number of hydrogen-bond acceptors (Lipinski definition) is 6. The summed E-state index contributed by atoms with van der Waals surface area (Å²) in [6, 6.07) is 18.7. The van der Waals surface area contributed by atoms with Crippen molar-refractivity contribution in [3.63, 3.8) is 0 Å². The monoisotopic (exact) mass is 527 g/mol. The van der Waals surface area contributed by atoms with Crippen LogP contribution in [-0.4, -0.2) is 22.0 Å². The van der Waals surface area contributed by atoms with E-state index in [9.17, 15) is 9.59 Å². The predicted octanol–water partition coefficient (Wildman–Crippen LogP) is 7.22. The molecule has 34 heavy (non-hydrogen) atoms. The molecule has 2 amide bonds. The molecule has 0 bridgehead atoms. The summed E-state index contributed by atoms with van der Waals surface area (Å²) in [4.78, 5) is 31.8. The maximum absolute atomic E-state index is 12.9. The Hall–Kier alpha value is -2.65. The van der Waals surface area contributed by atoms with Gasteiger partial charge in [-0.15, -0.1) is 34.4 Å². The Morgan fingerprint density at radius 2 is 1.88 bits per heavy atom. The number of thiophene rings is 1. The van der Waals surface area contributed by atoms with E-state index in [1.807, 2.05) is 66.2 Å². The van der Waals surface area contributed by atoms with Crippen molar-refractivity contribution in [3.8, 4) is 10.6 Å². The van der Waals surface area contributed by atoms with Crippen LogP contribution in [0.5, 0.6) is 0 Å². The maximum atomic E-state index is 12.9. The van der Waals surface area contributed by atoms with Crippen LogP contribution < -0.4 is 10.6 Å². The Morgan fingerprint density at radius 3 is 2.62 bits per heavy atom. The average molecular weight is 528 g/mol. The Balaban J connectivity index is 1.35. The molecule has 0 aliphatic heterocycles. The van der Waals surface area contributed by atoms with E-state index in [0.717, 1.165) is 21.0 Å². The van der Waals surface area contributed by atoms with Crippen LogP contribution in [0.25, 0.3) is 10.6 Å². The minimum Gasteiger partial charge on any atom is -0.326 e. The number of rotatable bonds is 9. The van der Waals surface area contributed by atoms with E-state index in [1.165, 1.54) is 23.1 Å². The largest absolute Gasteiger partial charge is 0.326 e. The number of hydrogen-bond donors (Lipinski definition) is 2. The summed E-state index contributed by atoms with van der Waals surface area (Å²) < 4.78 is 0. The SMILES string of the molecule is CCC(Sc1cccc(NC(=O)Cc2ccc(Cl)cc2)c1)C(=O)Nc1nc(-c2cccs2)cs1. The molecule has 1 unspecified atom stereocenters. The zero-order valence-corrected chi connectivity index (χ0v) is 21.5. The number of carbonyl (C=O) groups excluding carboxylic acids is 2. The standard InChI is InChI=1S/C25H22ClN3O2S3/c1-2-21(24(31)29-25-28-20(15-33-25)22-7-4-12-32-22)34-19-6-3-5-18(14-19)27-23(30)13-16-8-10-17(26)11-9-16/h3-12,14-15,21H,2,13H2,1H3,(H,27,30)(H,28,29,31). The van der Waals surface area contributed by atoms with Crippen molar-refractivity contribution < 1.29 is 9.59 Å².